The van der Waals surface area contributed by atoms with Gasteiger partial charge < -0.3 is 16.4 Å². The number of hydrogen-bond acceptors (Lipinski definition) is 4. The summed E-state index contributed by atoms with van der Waals surface area (Å²) in [5.41, 5.74) is 7.84. The second kappa shape index (κ2) is 5.29. The van der Waals surface area contributed by atoms with Crippen LogP contribution in [-0.4, -0.2) is 34.2 Å². The molecule has 0 aliphatic heterocycles. The number of nitrogen functional groups attached to an aromatic ring is 1. The Labute approximate surface area is 111 Å². The molecule has 1 heterocycles. The molecule has 1 fully saturated rings. The van der Waals surface area contributed by atoms with Crippen molar-refractivity contribution in [1.82, 2.24) is 20.4 Å². The van der Waals surface area contributed by atoms with Crippen LogP contribution in [-0.2, 0) is 16.1 Å². The second-order valence-electron chi connectivity index (χ2n) is 4.86. The van der Waals surface area contributed by atoms with Gasteiger partial charge in [-0.3, -0.25) is 14.3 Å². The lowest BCUT2D eigenvalue weighted by Gasteiger charge is -2.07. The maximum absolute atomic E-state index is 11.7. The summed E-state index contributed by atoms with van der Waals surface area (Å²) in [5.74, 6) is -0.403. The molecule has 0 aromatic carbocycles. The highest BCUT2D eigenvalue weighted by Crippen LogP contribution is 2.18. The van der Waals surface area contributed by atoms with E-state index in [1.165, 1.54) is 0 Å². The number of carbonyl (C=O) groups is 2. The zero-order valence-corrected chi connectivity index (χ0v) is 11.2. The minimum absolute atomic E-state index is 0.00408. The lowest BCUT2D eigenvalue weighted by atomic mass is 10.3. The summed E-state index contributed by atoms with van der Waals surface area (Å²) in [5, 5.41) is 9.53. The monoisotopic (exact) mass is 265 g/mol. The van der Waals surface area contributed by atoms with Crippen LogP contribution in [0.15, 0.2) is 0 Å². The smallest absolute Gasteiger partial charge is 0.242 e. The zero-order valence-electron chi connectivity index (χ0n) is 11.2. The van der Waals surface area contributed by atoms with E-state index in [0.717, 1.165) is 18.5 Å². The van der Waals surface area contributed by atoms with Crippen LogP contribution in [0, 0.1) is 13.8 Å². The third-order valence-electron chi connectivity index (χ3n) is 3.12. The number of carbonyl (C=O) groups excluding carboxylic acids is 2. The zero-order chi connectivity index (χ0) is 14.0. The first-order valence-corrected chi connectivity index (χ1v) is 6.33. The molecule has 2 rings (SSSR count). The topological polar surface area (TPSA) is 102 Å². The number of aromatic nitrogens is 2. The van der Waals surface area contributed by atoms with Crippen LogP contribution in [0.1, 0.15) is 24.2 Å². The van der Waals surface area contributed by atoms with Crippen molar-refractivity contribution < 1.29 is 9.59 Å². The van der Waals surface area contributed by atoms with Crippen molar-refractivity contribution in [2.45, 2.75) is 39.3 Å². The first-order chi connectivity index (χ1) is 8.97. The van der Waals surface area contributed by atoms with Crippen LogP contribution >= 0.6 is 0 Å². The lowest BCUT2D eigenvalue weighted by Crippen LogP contribution is -2.39. The minimum Gasteiger partial charge on any atom is -0.396 e. The number of nitrogens with two attached hydrogens (primary N) is 1. The second-order valence-corrected chi connectivity index (χ2v) is 4.86. The van der Waals surface area contributed by atoms with Crippen molar-refractivity contribution in [3.05, 3.63) is 11.4 Å². The highest BCUT2D eigenvalue weighted by molar-refractivity contribution is 5.84. The van der Waals surface area contributed by atoms with E-state index < -0.39 is 0 Å². The van der Waals surface area contributed by atoms with Crippen LogP contribution in [0.5, 0.6) is 0 Å². The normalized spacial score (nSPS) is 14.2. The summed E-state index contributed by atoms with van der Waals surface area (Å²) in [6, 6.07) is 0.306. The van der Waals surface area contributed by atoms with Gasteiger partial charge in [-0.25, -0.2) is 0 Å². The van der Waals surface area contributed by atoms with Gasteiger partial charge in [0.05, 0.1) is 23.6 Å². The summed E-state index contributed by atoms with van der Waals surface area (Å²) in [4.78, 5) is 23.1. The summed E-state index contributed by atoms with van der Waals surface area (Å²) >= 11 is 0. The Morgan fingerprint density at radius 1 is 1.37 bits per heavy atom. The van der Waals surface area contributed by atoms with E-state index >= 15 is 0 Å². The Hall–Kier alpha value is -2.05. The molecule has 7 nitrogen and oxygen atoms in total. The number of rotatable bonds is 5. The van der Waals surface area contributed by atoms with E-state index in [1.54, 1.807) is 11.6 Å². The van der Waals surface area contributed by atoms with Crippen molar-refractivity contribution in [3.8, 4) is 0 Å². The largest absolute Gasteiger partial charge is 0.396 e. The van der Waals surface area contributed by atoms with Gasteiger partial charge >= 0.3 is 0 Å². The van der Waals surface area contributed by atoms with E-state index in [2.05, 4.69) is 15.7 Å². The SMILES string of the molecule is Cc1nn(CC(=O)NCC(=O)NC2CC2)c(C)c1N. The Kier molecular flexibility index (Phi) is 3.73. The van der Waals surface area contributed by atoms with Gasteiger partial charge in [-0.1, -0.05) is 0 Å². The van der Waals surface area contributed by atoms with Crippen molar-refractivity contribution >= 4 is 17.5 Å². The number of nitrogens with one attached hydrogen (secondary N) is 2. The van der Waals surface area contributed by atoms with E-state index in [-0.39, 0.29) is 24.9 Å². The molecule has 7 heteroatoms. The fraction of sp³-hybridized carbons (Fsp3) is 0.583. The van der Waals surface area contributed by atoms with Gasteiger partial charge in [-0.05, 0) is 26.7 Å². The highest BCUT2D eigenvalue weighted by Gasteiger charge is 2.23. The van der Waals surface area contributed by atoms with Crippen molar-refractivity contribution in [2.75, 3.05) is 12.3 Å². The maximum atomic E-state index is 11.7. The van der Waals surface area contributed by atoms with Crippen LogP contribution in [0.2, 0.25) is 0 Å². The number of anilines is 1. The summed E-state index contributed by atoms with van der Waals surface area (Å²) in [7, 11) is 0. The molecular weight excluding hydrogens is 246 g/mol. The predicted molar refractivity (Wildman–Crippen MR) is 70.3 cm³/mol. The Morgan fingerprint density at radius 3 is 2.58 bits per heavy atom. The molecule has 2 amide bonds. The van der Waals surface area contributed by atoms with Gasteiger partial charge in [-0.15, -0.1) is 0 Å². The van der Waals surface area contributed by atoms with Gasteiger partial charge in [0.2, 0.25) is 11.8 Å². The van der Waals surface area contributed by atoms with E-state index in [0.29, 0.717) is 17.4 Å². The standard InChI is InChI=1S/C12H19N5O2/c1-7-12(13)8(2)17(16-7)6-11(19)14-5-10(18)15-9-3-4-9/h9H,3-6,13H2,1-2H3,(H,14,19)(H,15,18). The number of amides is 2. The average Bonchev–Trinajstić information content (AvgIpc) is 3.13. The van der Waals surface area contributed by atoms with Gasteiger partial charge in [-0.2, -0.15) is 5.10 Å². The molecule has 0 bridgehead atoms. The molecule has 0 spiro atoms. The van der Waals surface area contributed by atoms with Crippen LogP contribution in [0.4, 0.5) is 5.69 Å². The van der Waals surface area contributed by atoms with Crippen LogP contribution in [0.25, 0.3) is 0 Å². The predicted octanol–water partition coefficient (Wildman–Crippen LogP) is -0.523. The first-order valence-electron chi connectivity index (χ1n) is 6.33. The van der Waals surface area contributed by atoms with Crippen molar-refractivity contribution in [3.63, 3.8) is 0 Å². The molecular formula is C12H19N5O2. The molecule has 1 aromatic rings. The Bertz CT molecular complexity index is 504. The molecule has 19 heavy (non-hydrogen) atoms. The molecule has 1 aromatic heterocycles. The minimum atomic E-state index is -0.253. The molecule has 1 saturated carbocycles. The lowest BCUT2D eigenvalue weighted by molar-refractivity contribution is -0.126. The van der Waals surface area contributed by atoms with Gasteiger partial charge in [0.25, 0.3) is 0 Å². The van der Waals surface area contributed by atoms with Crippen LogP contribution in [0.3, 0.4) is 0 Å². The quantitative estimate of drug-likeness (QED) is 0.666. The Morgan fingerprint density at radius 2 is 2.05 bits per heavy atom. The van der Waals surface area contributed by atoms with Gasteiger partial charge in [0.15, 0.2) is 0 Å². The van der Waals surface area contributed by atoms with Gasteiger partial charge in [0.1, 0.15) is 6.54 Å². The molecule has 1 aliphatic rings. The highest BCUT2D eigenvalue weighted by atomic mass is 16.2. The van der Waals surface area contributed by atoms with Crippen LogP contribution < -0.4 is 16.4 Å². The third kappa shape index (κ3) is 3.46. The third-order valence-corrected chi connectivity index (χ3v) is 3.12. The number of aryl methyl sites for hydroxylation is 1. The number of hydrogen-bond donors (Lipinski definition) is 3. The van der Waals surface area contributed by atoms with E-state index in [1.807, 2.05) is 6.92 Å². The molecule has 0 atom stereocenters. The van der Waals surface area contributed by atoms with E-state index in [9.17, 15) is 9.59 Å². The van der Waals surface area contributed by atoms with Gasteiger partial charge in [0, 0.05) is 6.04 Å². The van der Waals surface area contributed by atoms with Crippen molar-refractivity contribution in [1.29, 1.82) is 0 Å². The number of nitrogens with zero attached hydrogens (tertiary/aromatic N) is 2. The molecule has 0 saturated heterocycles. The van der Waals surface area contributed by atoms with E-state index in [4.69, 9.17) is 5.73 Å². The summed E-state index contributed by atoms with van der Waals surface area (Å²) in [6.07, 6.45) is 2.06. The average molecular weight is 265 g/mol. The maximum Gasteiger partial charge on any atom is 0.242 e. The fourth-order valence-corrected chi connectivity index (χ4v) is 1.74. The molecule has 0 radical (unpaired) electrons. The summed E-state index contributed by atoms with van der Waals surface area (Å²) in [6.45, 7) is 3.67. The Balaban J connectivity index is 1.80. The molecule has 0 unspecified atom stereocenters. The van der Waals surface area contributed by atoms with Crippen molar-refractivity contribution in [2.24, 2.45) is 0 Å². The molecule has 4 N–H and O–H groups in total. The summed E-state index contributed by atoms with van der Waals surface area (Å²) < 4.78 is 1.54. The molecule has 1 aliphatic carbocycles. The fourth-order valence-electron chi connectivity index (χ4n) is 1.74. The first kappa shape index (κ1) is 13.4. The molecule has 104 valence electrons.